The van der Waals surface area contributed by atoms with Crippen LogP contribution in [0.4, 0.5) is 4.79 Å². The fraction of sp³-hybridized carbons (Fsp3) is 0.529. The minimum absolute atomic E-state index is 0.0201. The summed E-state index contributed by atoms with van der Waals surface area (Å²) in [6.07, 6.45) is 1.65. The fourth-order valence-electron chi connectivity index (χ4n) is 2.86. The van der Waals surface area contributed by atoms with Gasteiger partial charge in [-0.25, -0.2) is 4.79 Å². The molecule has 1 heterocycles. The number of nitrogens with one attached hydrogen (secondary N) is 1. The molecule has 0 spiro atoms. The van der Waals surface area contributed by atoms with Crippen LogP contribution in [0.15, 0.2) is 22.7 Å². The van der Waals surface area contributed by atoms with Crippen molar-refractivity contribution in [1.29, 1.82) is 0 Å². The zero-order valence-electron chi connectivity index (χ0n) is 14.3. The summed E-state index contributed by atoms with van der Waals surface area (Å²) in [4.78, 5) is 27.8. The number of likely N-dealkylation sites (tertiary alicyclic amines) is 1. The lowest BCUT2D eigenvalue weighted by Crippen LogP contribution is -2.48. The van der Waals surface area contributed by atoms with Gasteiger partial charge in [-0.15, -0.1) is 0 Å². The molecule has 1 aliphatic heterocycles. The van der Waals surface area contributed by atoms with Crippen LogP contribution in [0, 0.1) is 5.92 Å². The molecule has 1 aromatic rings. The molecule has 1 atom stereocenters. The van der Waals surface area contributed by atoms with Crippen molar-refractivity contribution in [1.82, 2.24) is 15.1 Å². The highest BCUT2D eigenvalue weighted by molar-refractivity contribution is 9.10. The summed E-state index contributed by atoms with van der Waals surface area (Å²) in [5.74, 6) is 0.556. The molecule has 0 saturated carbocycles. The molecule has 0 bridgehead atoms. The van der Waals surface area contributed by atoms with Gasteiger partial charge in [0.2, 0.25) is 5.91 Å². The van der Waals surface area contributed by atoms with Crippen molar-refractivity contribution in [3.8, 4) is 5.75 Å². The van der Waals surface area contributed by atoms with Crippen molar-refractivity contribution in [3.63, 3.8) is 0 Å². The number of hydrogen-bond acceptors (Lipinski definition) is 3. The van der Waals surface area contributed by atoms with Gasteiger partial charge in [-0.05, 0) is 31.0 Å². The number of amides is 3. The number of methoxy groups -OCH3 is 1. The van der Waals surface area contributed by atoms with Crippen molar-refractivity contribution in [2.45, 2.75) is 19.4 Å². The predicted octanol–water partition coefficient (Wildman–Crippen LogP) is 2.47. The standard InChI is InChI=1S/C17H24BrN3O3/c1-20(2)17(23)21-8-4-5-12(11-21)16(22)19-10-13-9-14(18)6-7-15(13)24-3/h6-7,9,12H,4-5,8,10-11H2,1-3H3,(H,19,22)/t12-/m1/s1. The quantitative estimate of drug-likeness (QED) is 0.848. The van der Waals surface area contributed by atoms with Gasteiger partial charge in [-0.3, -0.25) is 4.79 Å². The highest BCUT2D eigenvalue weighted by Gasteiger charge is 2.29. The molecule has 1 saturated heterocycles. The molecule has 1 fully saturated rings. The van der Waals surface area contributed by atoms with Gasteiger partial charge >= 0.3 is 6.03 Å². The van der Waals surface area contributed by atoms with E-state index in [2.05, 4.69) is 21.2 Å². The van der Waals surface area contributed by atoms with Gasteiger partial charge in [-0.2, -0.15) is 0 Å². The van der Waals surface area contributed by atoms with Crippen molar-refractivity contribution in [2.24, 2.45) is 5.92 Å². The van der Waals surface area contributed by atoms with Gasteiger partial charge in [-0.1, -0.05) is 15.9 Å². The fourth-order valence-corrected chi connectivity index (χ4v) is 3.27. The van der Waals surface area contributed by atoms with E-state index in [1.807, 2.05) is 18.2 Å². The Bertz CT molecular complexity index is 607. The van der Waals surface area contributed by atoms with Gasteiger partial charge in [0.1, 0.15) is 5.75 Å². The van der Waals surface area contributed by atoms with Gasteiger partial charge < -0.3 is 19.9 Å². The van der Waals surface area contributed by atoms with Crippen molar-refractivity contribution < 1.29 is 14.3 Å². The lowest BCUT2D eigenvalue weighted by Gasteiger charge is -2.33. The van der Waals surface area contributed by atoms with Crippen molar-refractivity contribution >= 4 is 27.9 Å². The number of carbonyl (C=O) groups excluding carboxylic acids is 2. The number of benzene rings is 1. The van der Waals surface area contributed by atoms with Crippen LogP contribution in [0.3, 0.4) is 0 Å². The van der Waals surface area contributed by atoms with Gasteiger partial charge in [0.25, 0.3) is 0 Å². The third-order valence-electron chi connectivity index (χ3n) is 4.14. The van der Waals surface area contributed by atoms with Crippen LogP contribution >= 0.6 is 15.9 Å². The number of hydrogen-bond donors (Lipinski definition) is 1. The molecule has 0 unspecified atom stereocenters. The summed E-state index contributed by atoms with van der Waals surface area (Å²) in [7, 11) is 5.07. The van der Waals surface area contributed by atoms with Gasteiger partial charge in [0.05, 0.1) is 13.0 Å². The van der Waals surface area contributed by atoms with E-state index in [1.54, 1.807) is 31.0 Å². The topological polar surface area (TPSA) is 61.9 Å². The summed E-state index contributed by atoms with van der Waals surface area (Å²) in [6.45, 7) is 1.58. The number of urea groups is 1. The highest BCUT2D eigenvalue weighted by Crippen LogP contribution is 2.23. The number of halogens is 1. The van der Waals surface area contributed by atoms with Crippen LogP contribution in [0.25, 0.3) is 0 Å². The average Bonchev–Trinajstić information content (AvgIpc) is 2.59. The molecule has 7 heteroatoms. The lowest BCUT2D eigenvalue weighted by atomic mass is 9.97. The number of ether oxygens (including phenoxy) is 1. The number of nitrogens with zero attached hydrogens (tertiary/aromatic N) is 2. The third kappa shape index (κ3) is 4.63. The Labute approximate surface area is 151 Å². The first kappa shape index (κ1) is 18.6. The maximum Gasteiger partial charge on any atom is 0.319 e. The second-order valence-electron chi connectivity index (χ2n) is 6.14. The minimum Gasteiger partial charge on any atom is -0.496 e. The molecule has 2 rings (SSSR count). The summed E-state index contributed by atoms with van der Waals surface area (Å²) in [5.41, 5.74) is 0.914. The van der Waals surface area contributed by atoms with Crippen LogP contribution in [-0.4, -0.2) is 56.0 Å². The first-order valence-corrected chi connectivity index (χ1v) is 8.78. The average molecular weight is 398 g/mol. The SMILES string of the molecule is COc1ccc(Br)cc1CNC(=O)[C@@H]1CCCN(C(=O)N(C)C)C1. The molecule has 6 nitrogen and oxygen atoms in total. The van der Waals surface area contributed by atoms with Crippen LogP contribution < -0.4 is 10.1 Å². The van der Waals surface area contributed by atoms with Crippen molar-refractivity contribution in [2.75, 3.05) is 34.3 Å². The Hall–Kier alpha value is -1.76. The van der Waals surface area contributed by atoms with Crippen LogP contribution in [0.2, 0.25) is 0 Å². The molecule has 132 valence electrons. The molecule has 1 aliphatic rings. The van der Waals surface area contributed by atoms with Crippen LogP contribution in [-0.2, 0) is 11.3 Å². The summed E-state index contributed by atoms with van der Waals surface area (Å²) in [5, 5.41) is 2.97. The van der Waals surface area contributed by atoms with E-state index in [0.717, 1.165) is 28.6 Å². The normalized spacial score (nSPS) is 17.3. The van der Waals surface area contributed by atoms with E-state index < -0.39 is 0 Å². The maximum absolute atomic E-state index is 12.5. The first-order chi connectivity index (χ1) is 11.4. The highest BCUT2D eigenvalue weighted by atomic mass is 79.9. The Balaban J connectivity index is 1.95. The van der Waals surface area contributed by atoms with Gasteiger partial charge in [0.15, 0.2) is 0 Å². The minimum atomic E-state index is -0.166. The smallest absolute Gasteiger partial charge is 0.319 e. The van der Waals surface area contributed by atoms with Crippen LogP contribution in [0.5, 0.6) is 5.75 Å². The molecular formula is C17H24BrN3O3. The Morgan fingerprint density at radius 1 is 1.42 bits per heavy atom. The Kier molecular flexibility index (Phi) is 6.48. The predicted molar refractivity (Wildman–Crippen MR) is 95.9 cm³/mol. The number of carbonyl (C=O) groups is 2. The maximum atomic E-state index is 12.5. The molecule has 0 radical (unpaired) electrons. The third-order valence-corrected chi connectivity index (χ3v) is 4.63. The number of piperidine rings is 1. The largest absolute Gasteiger partial charge is 0.496 e. The Morgan fingerprint density at radius 2 is 2.17 bits per heavy atom. The second kappa shape index (κ2) is 8.37. The Morgan fingerprint density at radius 3 is 2.83 bits per heavy atom. The molecule has 0 aromatic heterocycles. The van der Waals surface area contributed by atoms with E-state index in [-0.39, 0.29) is 17.9 Å². The summed E-state index contributed by atoms with van der Waals surface area (Å²) >= 11 is 3.43. The van der Waals surface area contributed by atoms with E-state index in [4.69, 9.17) is 4.74 Å². The monoisotopic (exact) mass is 397 g/mol. The van der Waals surface area contributed by atoms with E-state index in [0.29, 0.717) is 19.6 Å². The summed E-state index contributed by atoms with van der Waals surface area (Å²) < 4.78 is 6.26. The molecule has 3 amide bonds. The van der Waals surface area contributed by atoms with E-state index in [1.165, 1.54) is 0 Å². The second-order valence-corrected chi connectivity index (χ2v) is 7.05. The van der Waals surface area contributed by atoms with Gasteiger partial charge in [0, 0.05) is 43.8 Å². The molecular weight excluding hydrogens is 374 g/mol. The summed E-state index contributed by atoms with van der Waals surface area (Å²) in [6, 6.07) is 5.66. The lowest BCUT2D eigenvalue weighted by molar-refractivity contribution is -0.126. The number of rotatable bonds is 4. The van der Waals surface area contributed by atoms with E-state index >= 15 is 0 Å². The molecule has 24 heavy (non-hydrogen) atoms. The molecule has 1 aromatic carbocycles. The zero-order chi connectivity index (χ0) is 17.7. The van der Waals surface area contributed by atoms with Crippen LogP contribution in [0.1, 0.15) is 18.4 Å². The molecule has 1 N–H and O–H groups in total. The van der Waals surface area contributed by atoms with Crippen molar-refractivity contribution in [3.05, 3.63) is 28.2 Å². The van der Waals surface area contributed by atoms with E-state index in [9.17, 15) is 9.59 Å². The zero-order valence-corrected chi connectivity index (χ0v) is 15.9. The first-order valence-electron chi connectivity index (χ1n) is 7.98. The molecule has 0 aliphatic carbocycles.